The lowest BCUT2D eigenvalue weighted by Gasteiger charge is -2.25. The van der Waals surface area contributed by atoms with Gasteiger partial charge in [-0.15, -0.1) is 0 Å². The minimum atomic E-state index is -0.159. The lowest BCUT2D eigenvalue weighted by atomic mass is 10.1. The van der Waals surface area contributed by atoms with Crippen LogP contribution in [0, 0.1) is 6.92 Å². The third-order valence-corrected chi connectivity index (χ3v) is 3.76. The summed E-state index contributed by atoms with van der Waals surface area (Å²) in [6.07, 6.45) is -0.0697. The van der Waals surface area contributed by atoms with Crippen LogP contribution in [0.3, 0.4) is 0 Å². The van der Waals surface area contributed by atoms with Gasteiger partial charge >= 0.3 is 0 Å². The van der Waals surface area contributed by atoms with Crippen molar-refractivity contribution in [3.63, 3.8) is 0 Å². The second-order valence-corrected chi connectivity index (χ2v) is 5.28. The summed E-state index contributed by atoms with van der Waals surface area (Å²) in [6.45, 7) is 6.20. The number of carbonyl (C=O) groups is 1. The van der Waals surface area contributed by atoms with Crippen molar-refractivity contribution in [2.24, 2.45) is 0 Å². The third-order valence-electron chi connectivity index (χ3n) is 3.76. The van der Waals surface area contributed by atoms with Crippen molar-refractivity contribution in [2.45, 2.75) is 26.1 Å². The van der Waals surface area contributed by atoms with Crippen molar-refractivity contribution in [2.75, 3.05) is 33.5 Å². The van der Waals surface area contributed by atoms with E-state index in [-0.39, 0.29) is 18.1 Å². The molecule has 1 fully saturated rings. The number of nitrogens with one attached hydrogen (secondary N) is 1. The molecule has 1 aliphatic heterocycles. The molecule has 5 nitrogen and oxygen atoms in total. The first-order chi connectivity index (χ1) is 10.1. The van der Waals surface area contributed by atoms with Gasteiger partial charge in [-0.2, -0.15) is 0 Å². The number of amides is 1. The monoisotopic (exact) mass is 292 g/mol. The van der Waals surface area contributed by atoms with Crippen LogP contribution in [0.4, 0.5) is 0 Å². The molecule has 1 saturated heterocycles. The maximum Gasteiger partial charge on any atom is 0.241 e. The first kappa shape index (κ1) is 15.9. The predicted octanol–water partition coefficient (Wildman–Crippen LogP) is 1.48. The smallest absolute Gasteiger partial charge is 0.241 e. The van der Waals surface area contributed by atoms with E-state index in [1.807, 2.05) is 24.0 Å². The molecule has 2 atom stereocenters. The summed E-state index contributed by atoms with van der Waals surface area (Å²) in [5.41, 5.74) is 2.33. The Kier molecular flexibility index (Phi) is 5.73. The highest BCUT2D eigenvalue weighted by atomic mass is 16.5. The minimum Gasteiger partial charge on any atom is -0.382 e. The molecule has 1 aromatic rings. The van der Waals surface area contributed by atoms with Crippen molar-refractivity contribution in [1.82, 2.24) is 10.2 Å². The second-order valence-electron chi connectivity index (χ2n) is 5.28. The number of hydrogen-bond acceptors (Lipinski definition) is 4. The van der Waals surface area contributed by atoms with Gasteiger partial charge in [-0.3, -0.25) is 10.1 Å². The molecule has 0 bridgehead atoms. The Labute approximate surface area is 126 Å². The Hall–Kier alpha value is -1.43. The highest BCUT2D eigenvalue weighted by molar-refractivity contribution is 5.84. The minimum absolute atomic E-state index is 0.0697. The molecule has 0 radical (unpaired) electrons. The molecule has 1 aromatic carbocycles. The lowest BCUT2D eigenvalue weighted by Crippen LogP contribution is -2.34. The van der Waals surface area contributed by atoms with E-state index in [0.717, 1.165) is 5.56 Å². The summed E-state index contributed by atoms with van der Waals surface area (Å²) in [4.78, 5) is 14.2. The van der Waals surface area contributed by atoms with Crippen molar-refractivity contribution >= 4 is 5.91 Å². The Bertz CT molecular complexity index is 478. The molecule has 5 heteroatoms. The summed E-state index contributed by atoms with van der Waals surface area (Å²) in [5.74, 6) is 0.124. The van der Waals surface area contributed by atoms with Crippen LogP contribution in [0.1, 0.15) is 24.2 Å². The topological polar surface area (TPSA) is 50.8 Å². The van der Waals surface area contributed by atoms with E-state index < -0.39 is 0 Å². The fourth-order valence-electron chi connectivity index (χ4n) is 2.57. The maximum atomic E-state index is 12.3. The zero-order valence-electron chi connectivity index (χ0n) is 13.0. The number of aryl methyl sites for hydroxylation is 1. The zero-order chi connectivity index (χ0) is 15.2. The van der Waals surface area contributed by atoms with Crippen molar-refractivity contribution in [3.8, 4) is 0 Å². The van der Waals surface area contributed by atoms with Gasteiger partial charge in [-0.25, -0.2) is 0 Å². The molecule has 0 saturated carbocycles. The van der Waals surface area contributed by atoms with Crippen LogP contribution in [0.25, 0.3) is 0 Å². The van der Waals surface area contributed by atoms with E-state index in [2.05, 4.69) is 24.4 Å². The van der Waals surface area contributed by atoms with E-state index in [9.17, 15) is 4.79 Å². The number of rotatable bonds is 7. The molecule has 0 aliphatic carbocycles. The molecule has 1 amide bonds. The Morgan fingerprint density at radius 3 is 2.71 bits per heavy atom. The first-order valence-corrected chi connectivity index (χ1v) is 7.34. The van der Waals surface area contributed by atoms with Gasteiger partial charge in [0, 0.05) is 13.7 Å². The first-order valence-electron chi connectivity index (χ1n) is 7.34. The number of carbonyl (C=O) groups excluding carboxylic acids is 1. The molecule has 1 N–H and O–H groups in total. The van der Waals surface area contributed by atoms with Crippen LogP contribution in [0.15, 0.2) is 24.3 Å². The number of nitrogens with zero attached hydrogens (tertiary/aromatic N) is 1. The molecular formula is C16H24N2O3. The standard InChI is InChI=1S/C16H24N2O3/c1-12-6-4-5-7-14(12)15-17-13(2)16(19)18(15)8-9-21-11-10-20-3/h4-7,13,15,17H,8-11H2,1-3H3. The number of ether oxygens (including phenoxy) is 2. The molecule has 21 heavy (non-hydrogen) atoms. The summed E-state index contributed by atoms with van der Waals surface area (Å²) in [5, 5.41) is 3.36. The summed E-state index contributed by atoms with van der Waals surface area (Å²) < 4.78 is 10.4. The molecule has 0 spiro atoms. The highest BCUT2D eigenvalue weighted by Gasteiger charge is 2.37. The van der Waals surface area contributed by atoms with Gasteiger partial charge in [-0.05, 0) is 25.0 Å². The molecule has 2 rings (SSSR count). The van der Waals surface area contributed by atoms with Gasteiger partial charge in [0.1, 0.15) is 6.17 Å². The number of hydrogen-bond donors (Lipinski definition) is 1. The van der Waals surface area contributed by atoms with Crippen LogP contribution in [0.5, 0.6) is 0 Å². The summed E-state index contributed by atoms with van der Waals surface area (Å²) >= 11 is 0. The molecule has 116 valence electrons. The van der Waals surface area contributed by atoms with Crippen molar-refractivity contribution in [1.29, 1.82) is 0 Å². The van der Waals surface area contributed by atoms with E-state index in [4.69, 9.17) is 9.47 Å². The Morgan fingerprint density at radius 2 is 2.00 bits per heavy atom. The largest absolute Gasteiger partial charge is 0.382 e. The van der Waals surface area contributed by atoms with E-state index in [1.165, 1.54) is 5.56 Å². The van der Waals surface area contributed by atoms with Gasteiger partial charge in [0.15, 0.2) is 0 Å². The average Bonchev–Trinajstić information content (AvgIpc) is 2.75. The zero-order valence-corrected chi connectivity index (χ0v) is 13.0. The van der Waals surface area contributed by atoms with Gasteiger partial charge in [0.05, 0.1) is 25.9 Å². The fourth-order valence-corrected chi connectivity index (χ4v) is 2.57. The van der Waals surface area contributed by atoms with Crippen LogP contribution < -0.4 is 5.32 Å². The lowest BCUT2D eigenvalue weighted by molar-refractivity contribution is -0.130. The van der Waals surface area contributed by atoms with E-state index >= 15 is 0 Å². The predicted molar refractivity (Wildman–Crippen MR) is 80.9 cm³/mol. The molecule has 0 aromatic heterocycles. The van der Waals surface area contributed by atoms with Gasteiger partial charge in [-0.1, -0.05) is 24.3 Å². The number of methoxy groups -OCH3 is 1. The summed E-state index contributed by atoms with van der Waals surface area (Å²) in [7, 11) is 1.65. The molecule has 1 heterocycles. The highest BCUT2D eigenvalue weighted by Crippen LogP contribution is 2.27. The average molecular weight is 292 g/mol. The quantitative estimate of drug-likeness (QED) is 0.773. The van der Waals surface area contributed by atoms with Crippen LogP contribution in [0.2, 0.25) is 0 Å². The second kappa shape index (κ2) is 7.54. The molecule has 1 aliphatic rings. The van der Waals surface area contributed by atoms with Crippen LogP contribution >= 0.6 is 0 Å². The van der Waals surface area contributed by atoms with Crippen LogP contribution in [-0.2, 0) is 14.3 Å². The third kappa shape index (κ3) is 3.81. The van der Waals surface area contributed by atoms with E-state index in [0.29, 0.717) is 26.4 Å². The molecular weight excluding hydrogens is 268 g/mol. The van der Waals surface area contributed by atoms with Crippen molar-refractivity contribution < 1.29 is 14.3 Å². The number of benzene rings is 1. The summed E-state index contributed by atoms with van der Waals surface area (Å²) in [6, 6.07) is 7.99. The van der Waals surface area contributed by atoms with Gasteiger partial charge in [0.25, 0.3) is 0 Å². The van der Waals surface area contributed by atoms with Gasteiger partial charge < -0.3 is 14.4 Å². The Balaban J connectivity index is 2.02. The molecule has 2 unspecified atom stereocenters. The maximum absolute atomic E-state index is 12.3. The normalized spacial score (nSPS) is 22.0. The Morgan fingerprint density at radius 1 is 1.24 bits per heavy atom. The van der Waals surface area contributed by atoms with E-state index in [1.54, 1.807) is 7.11 Å². The SMILES string of the molecule is COCCOCCN1C(=O)C(C)NC1c1ccccc1C. The van der Waals surface area contributed by atoms with Gasteiger partial charge in [0.2, 0.25) is 5.91 Å². The van der Waals surface area contributed by atoms with Crippen molar-refractivity contribution in [3.05, 3.63) is 35.4 Å². The van der Waals surface area contributed by atoms with Crippen LogP contribution in [-0.4, -0.2) is 50.3 Å². The fraction of sp³-hybridized carbons (Fsp3) is 0.562.